The first kappa shape index (κ1) is 17.5. The number of rotatable bonds is 5. The summed E-state index contributed by atoms with van der Waals surface area (Å²) in [6.45, 7) is 2.63. The van der Waals surface area contributed by atoms with Crippen LogP contribution in [0.3, 0.4) is 0 Å². The third-order valence-corrected chi connectivity index (χ3v) is 4.41. The number of ether oxygens (including phenoxy) is 1. The minimum Gasteiger partial charge on any atom is -0.452 e. The largest absolute Gasteiger partial charge is 0.452 e. The van der Waals surface area contributed by atoms with E-state index in [2.05, 4.69) is 6.92 Å². The Labute approximate surface area is 142 Å². The number of carbonyl (C=O) groups excluding carboxylic acids is 2. The molecule has 0 N–H and O–H groups in total. The maximum Gasteiger partial charge on any atom is 0.331 e. The van der Waals surface area contributed by atoms with E-state index in [4.69, 9.17) is 16.3 Å². The van der Waals surface area contributed by atoms with E-state index in [1.165, 1.54) is 6.08 Å². The van der Waals surface area contributed by atoms with E-state index >= 15 is 0 Å². The molecule has 1 aliphatic rings. The molecule has 1 saturated heterocycles. The van der Waals surface area contributed by atoms with E-state index in [0.29, 0.717) is 5.02 Å². The molecular formula is C18H22ClNO3. The van der Waals surface area contributed by atoms with Gasteiger partial charge < -0.3 is 9.64 Å². The molecule has 4 nitrogen and oxygen atoms in total. The molecule has 1 amide bonds. The smallest absolute Gasteiger partial charge is 0.331 e. The lowest BCUT2D eigenvalue weighted by atomic mass is 10.00. The SMILES string of the molecule is CC[C@@H]1CCCCN1C(=O)COC(=O)/C=C/c1ccccc1Cl. The number of likely N-dealkylation sites (tertiary alicyclic amines) is 1. The zero-order valence-electron chi connectivity index (χ0n) is 13.3. The van der Waals surface area contributed by atoms with Gasteiger partial charge in [-0.15, -0.1) is 0 Å². The van der Waals surface area contributed by atoms with Crippen molar-refractivity contribution in [1.29, 1.82) is 0 Å². The van der Waals surface area contributed by atoms with Gasteiger partial charge in [0.15, 0.2) is 6.61 Å². The summed E-state index contributed by atoms with van der Waals surface area (Å²) in [5.41, 5.74) is 0.736. The van der Waals surface area contributed by atoms with Crippen molar-refractivity contribution in [2.45, 2.75) is 38.6 Å². The van der Waals surface area contributed by atoms with E-state index in [0.717, 1.165) is 37.8 Å². The molecule has 1 aromatic carbocycles. The Morgan fingerprint density at radius 1 is 1.35 bits per heavy atom. The van der Waals surface area contributed by atoms with Gasteiger partial charge in [-0.2, -0.15) is 0 Å². The summed E-state index contributed by atoms with van der Waals surface area (Å²) in [6, 6.07) is 7.48. The van der Waals surface area contributed by atoms with E-state index < -0.39 is 5.97 Å². The highest BCUT2D eigenvalue weighted by Gasteiger charge is 2.25. The molecule has 0 unspecified atom stereocenters. The third-order valence-electron chi connectivity index (χ3n) is 4.06. The van der Waals surface area contributed by atoms with Crippen LogP contribution in [0, 0.1) is 0 Å². The summed E-state index contributed by atoms with van der Waals surface area (Å²) < 4.78 is 5.05. The number of piperidine rings is 1. The van der Waals surface area contributed by atoms with Crippen LogP contribution in [-0.4, -0.2) is 36.0 Å². The summed E-state index contributed by atoms with van der Waals surface area (Å²) in [7, 11) is 0. The number of amides is 1. The number of carbonyl (C=O) groups is 2. The topological polar surface area (TPSA) is 46.6 Å². The molecule has 23 heavy (non-hydrogen) atoms. The fraction of sp³-hybridized carbons (Fsp3) is 0.444. The van der Waals surface area contributed by atoms with Crippen molar-refractivity contribution in [2.24, 2.45) is 0 Å². The van der Waals surface area contributed by atoms with Crippen LogP contribution in [0.2, 0.25) is 5.02 Å². The molecule has 0 aromatic heterocycles. The van der Waals surface area contributed by atoms with Gasteiger partial charge in [0.05, 0.1) is 0 Å². The molecule has 0 saturated carbocycles. The Morgan fingerprint density at radius 3 is 2.87 bits per heavy atom. The molecule has 5 heteroatoms. The predicted molar refractivity (Wildman–Crippen MR) is 91.1 cm³/mol. The van der Waals surface area contributed by atoms with Gasteiger partial charge in [-0.25, -0.2) is 4.79 Å². The summed E-state index contributed by atoms with van der Waals surface area (Å²) in [5, 5.41) is 0.562. The van der Waals surface area contributed by atoms with Gasteiger partial charge in [0.2, 0.25) is 0 Å². The van der Waals surface area contributed by atoms with Crippen LogP contribution < -0.4 is 0 Å². The predicted octanol–water partition coefficient (Wildman–Crippen LogP) is 3.69. The highest BCUT2D eigenvalue weighted by atomic mass is 35.5. The molecule has 1 heterocycles. The van der Waals surface area contributed by atoms with Crippen LogP contribution in [0.4, 0.5) is 0 Å². The normalized spacial score (nSPS) is 18.2. The summed E-state index contributed by atoms with van der Waals surface area (Å²) in [4.78, 5) is 25.8. The monoisotopic (exact) mass is 335 g/mol. The van der Waals surface area contributed by atoms with Gasteiger partial charge in [0.25, 0.3) is 5.91 Å². The highest BCUT2D eigenvalue weighted by Crippen LogP contribution is 2.19. The van der Waals surface area contributed by atoms with Crippen LogP contribution in [-0.2, 0) is 14.3 Å². The van der Waals surface area contributed by atoms with Gasteiger partial charge in [0, 0.05) is 23.7 Å². The maximum atomic E-state index is 12.2. The number of benzene rings is 1. The average Bonchev–Trinajstić information content (AvgIpc) is 2.58. The minimum absolute atomic E-state index is 0.115. The van der Waals surface area contributed by atoms with Crippen molar-refractivity contribution in [1.82, 2.24) is 4.90 Å². The van der Waals surface area contributed by atoms with Crippen molar-refractivity contribution in [3.8, 4) is 0 Å². The molecule has 0 bridgehead atoms. The van der Waals surface area contributed by atoms with Gasteiger partial charge >= 0.3 is 5.97 Å². The molecule has 1 aliphatic heterocycles. The van der Waals surface area contributed by atoms with E-state index in [-0.39, 0.29) is 18.6 Å². The Bertz CT molecular complexity index is 585. The number of esters is 1. The number of hydrogen-bond donors (Lipinski definition) is 0. The lowest BCUT2D eigenvalue weighted by molar-refractivity contribution is -0.150. The maximum absolute atomic E-state index is 12.2. The Hall–Kier alpha value is -1.81. The number of hydrogen-bond acceptors (Lipinski definition) is 3. The highest BCUT2D eigenvalue weighted by molar-refractivity contribution is 6.32. The van der Waals surface area contributed by atoms with Crippen molar-refractivity contribution < 1.29 is 14.3 Å². The molecule has 1 fully saturated rings. The fourth-order valence-corrected chi connectivity index (χ4v) is 2.98. The van der Waals surface area contributed by atoms with Gasteiger partial charge in [-0.3, -0.25) is 4.79 Å². The second kappa shape index (κ2) is 8.73. The van der Waals surface area contributed by atoms with Crippen LogP contribution in [0.15, 0.2) is 30.3 Å². The summed E-state index contributed by atoms with van der Waals surface area (Å²) in [6.07, 6.45) is 7.02. The second-order valence-corrected chi connectivity index (χ2v) is 6.01. The Kier molecular flexibility index (Phi) is 6.66. The van der Waals surface area contributed by atoms with Crippen molar-refractivity contribution in [3.05, 3.63) is 40.9 Å². The van der Waals surface area contributed by atoms with E-state index in [1.807, 2.05) is 17.0 Å². The second-order valence-electron chi connectivity index (χ2n) is 5.61. The van der Waals surface area contributed by atoms with Gasteiger partial charge in [-0.05, 0) is 43.4 Å². The van der Waals surface area contributed by atoms with E-state index in [9.17, 15) is 9.59 Å². The molecule has 0 aliphatic carbocycles. The molecule has 124 valence electrons. The molecule has 1 aromatic rings. The number of halogens is 1. The first-order valence-corrected chi connectivity index (χ1v) is 8.38. The minimum atomic E-state index is -0.539. The first-order valence-electron chi connectivity index (χ1n) is 8.00. The summed E-state index contributed by atoms with van der Waals surface area (Å²) >= 11 is 6.00. The molecule has 0 radical (unpaired) electrons. The van der Waals surface area contributed by atoms with Crippen LogP contribution in [0.25, 0.3) is 6.08 Å². The zero-order chi connectivity index (χ0) is 16.7. The molecular weight excluding hydrogens is 314 g/mol. The molecule has 0 spiro atoms. The van der Waals surface area contributed by atoms with Crippen molar-refractivity contribution in [2.75, 3.05) is 13.2 Å². The summed E-state index contributed by atoms with van der Waals surface area (Å²) in [5.74, 6) is -0.653. The van der Waals surface area contributed by atoms with Crippen LogP contribution in [0.1, 0.15) is 38.2 Å². The zero-order valence-corrected chi connectivity index (χ0v) is 14.1. The number of nitrogens with zero attached hydrogens (tertiary/aromatic N) is 1. The lowest BCUT2D eigenvalue weighted by Gasteiger charge is -2.35. The Morgan fingerprint density at radius 2 is 2.13 bits per heavy atom. The lowest BCUT2D eigenvalue weighted by Crippen LogP contribution is -2.45. The molecule has 1 atom stereocenters. The Balaban J connectivity index is 1.84. The quantitative estimate of drug-likeness (QED) is 0.609. The average molecular weight is 336 g/mol. The fourth-order valence-electron chi connectivity index (χ4n) is 2.79. The van der Waals surface area contributed by atoms with Gasteiger partial charge in [-0.1, -0.05) is 36.7 Å². The standard InChI is InChI=1S/C18H22ClNO3/c1-2-15-8-5-6-12-20(15)17(21)13-23-18(22)11-10-14-7-3-4-9-16(14)19/h3-4,7,9-11,15H,2,5-6,8,12-13H2,1H3/b11-10+/t15-/m1/s1. The van der Waals surface area contributed by atoms with Crippen LogP contribution >= 0.6 is 11.6 Å². The van der Waals surface area contributed by atoms with Crippen molar-refractivity contribution >= 4 is 29.6 Å². The first-order chi connectivity index (χ1) is 11.1. The van der Waals surface area contributed by atoms with Crippen molar-refractivity contribution in [3.63, 3.8) is 0 Å². The third kappa shape index (κ3) is 5.10. The van der Waals surface area contributed by atoms with Crippen LogP contribution in [0.5, 0.6) is 0 Å². The van der Waals surface area contributed by atoms with Gasteiger partial charge in [0.1, 0.15) is 0 Å². The van der Waals surface area contributed by atoms with E-state index in [1.54, 1.807) is 18.2 Å². The molecule has 2 rings (SSSR count).